The molecule has 1 N–H and O–H groups in total. The van der Waals surface area contributed by atoms with Crippen molar-refractivity contribution in [1.29, 1.82) is 0 Å². The smallest absolute Gasteiger partial charge is 0.210 e. The van der Waals surface area contributed by atoms with Crippen molar-refractivity contribution in [3.63, 3.8) is 0 Å². The van der Waals surface area contributed by atoms with Gasteiger partial charge in [0.2, 0.25) is 11.6 Å². The summed E-state index contributed by atoms with van der Waals surface area (Å²) in [7, 11) is 1.54. The van der Waals surface area contributed by atoms with Crippen molar-refractivity contribution >= 4 is 11.6 Å². The minimum Gasteiger partial charge on any atom is -0.493 e. The molecule has 1 aliphatic heterocycles. The number of nitrogens with zero attached hydrogens (tertiary/aromatic N) is 4. The number of methoxy groups -OCH3 is 1. The molecule has 0 unspecified atom stereocenters. The summed E-state index contributed by atoms with van der Waals surface area (Å²) < 4.78 is 26.5. The number of ether oxygens (including phenoxy) is 2. The molecule has 1 aliphatic rings. The highest BCUT2D eigenvalue weighted by Gasteiger charge is 2.19. The van der Waals surface area contributed by atoms with Gasteiger partial charge < -0.3 is 14.8 Å². The van der Waals surface area contributed by atoms with E-state index in [1.807, 2.05) is 0 Å². The van der Waals surface area contributed by atoms with E-state index < -0.39 is 0 Å². The predicted octanol–water partition coefficient (Wildman–Crippen LogP) is 1.82. The fourth-order valence-corrected chi connectivity index (χ4v) is 2.75. The molecule has 7 nitrogen and oxygen atoms in total. The van der Waals surface area contributed by atoms with Crippen LogP contribution in [0.5, 0.6) is 11.5 Å². The lowest BCUT2D eigenvalue weighted by Crippen LogP contribution is -2.09. The van der Waals surface area contributed by atoms with Gasteiger partial charge in [-0.2, -0.15) is 0 Å². The van der Waals surface area contributed by atoms with Crippen LogP contribution in [0.15, 0.2) is 24.7 Å². The summed E-state index contributed by atoms with van der Waals surface area (Å²) in [4.78, 5) is 4.28. The second kappa shape index (κ2) is 5.38. The monoisotopic (exact) mass is 315 g/mol. The average molecular weight is 315 g/mol. The van der Waals surface area contributed by atoms with Gasteiger partial charge in [-0.3, -0.25) is 0 Å². The minimum absolute atomic E-state index is 0.254. The Bertz CT molecular complexity index is 880. The van der Waals surface area contributed by atoms with Gasteiger partial charge in [0.05, 0.1) is 19.9 Å². The fourth-order valence-electron chi connectivity index (χ4n) is 2.75. The fraction of sp³-hybridized carbons (Fsp3) is 0.267. The van der Waals surface area contributed by atoms with E-state index in [1.165, 1.54) is 12.4 Å². The first kappa shape index (κ1) is 13.7. The van der Waals surface area contributed by atoms with E-state index in [0.717, 1.165) is 11.3 Å². The van der Waals surface area contributed by atoms with Gasteiger partial charge in [-0.15, -0.1) is 10.2 Å². The third kappa shape index (κ3) is 2.23. The van der Waals surface area contributed by atoms with Crippen molar-refractivity contribution in [3.05, 3.63) is 41.6 Å². The highest BCUT2D eigenvalue weighted by Crippen LogP contribution is 2.30. The lowest BCUT2D eigenvalue weighted by atomic mass is 10.0. The molecule has 0 atom stereocenters. The Labute approximate surface area is 131 Å². The topological polar surface area (TPSA) is 73.6 Å². The van der Waals surface area contributed by atoms with Crippen molar-refractivity contribution in [1.82, 2.24) is 19.6 Å². The van der Waals surface area contributed by atoms with E-state index in [-0.39, 0.29) is 5.82 Å². The van der Waals surface area contributed by atoms with Gasteiger partial charge in [0.1, 0.15) is 17.9 Å². The molecule has 4 rings (SSSR count). The Morgan fingerprint density at radius 2 is 2.35 bits per heavy atom. The SMILES string of the molecule is COc1cnc(NCc2c(F)ccc3c2CCO3)n2cnnc12. The van der Waals surface area contributed by atoms with E-state index in [0.29, 0.717) is 42.5 Å². The molecule has 0 spiro atoms. The van der Waals surface area contributed by atoms with Crippen molar-refractivity contribution in [2.45, 2.75) is 13.0 Å². The Kier molecular flexibility index (Phi) is 3.22. The number of fused-ring (bicyclic) bond motifs is 2. The molecule has 2 aromatic heterocycles. The molecular weight excluding hydrogens is 301 g/mol. The number of rotatable bonds is 4. The summed E-state index contributed by atoms with van der Waals surface area (Å²) in [6.07, 6.45) is 3.80. The first-order valence-corrected chi connectivity index (χ1v) is 7.17. The number of halogens is 1. The van der Waals surface area contributed by atoms with Crippen LogP contribution in [-0.4, -0.2) is 33.3 Å². The normalized spacial score (nSPS) is 13.0. The summed E-state index contributed by atoms with van der Waals surface area (Å²) in [5.41, 5.74) is 2.05. The Morgan fingerprint density at radius 3 is 3.22 bits per heavy atom. The maximum atomic E-state index is 14.2. The number of anilines is 1. The molecule has 0 bridgehead atoms. The summed E-state index contributed by atoms with van der Waals surface area (Å²) in [5.74, 6) is 1.53. The first-order chi connectivity index (χ1) is 11.3. The molecule has 0 saturated carbocycles. The molecule has 0 amide bonds. The molecule has 0 aliphatic carbocycles. The number of hydrogen-bond donors (Lipinski definition) is 1. The van der Waals surface area contributed by atoms with Gasteiger partial charge in [0, 0.05) is 24.1 Å². The number of hydrogen-bond acceptors (Lipinski definition) is 6. The van der Waals surface area contributed by atoms with Crippen LogP contribution in [0.1, 0.15) is 11.1 Å². The standard InChI is InChI=1S/C15H14FN5O2/c1-22-13-7-18-15(21-8-19-20-14(13)21)17-6-10-9-4-5-23-12(9)3-2-11(10)16/h2-3,7-8H,4-6H2,1H3,(H,17,18). The van der Waals surface area contributed by atoms with Crippen LogP contribution in [0.4, 0.5) is 10.3 Å². The quantitative estimate of drug-likeness (QED) is 0.792. The zero-order valence-electron chi connectivity index (χ0n) is 12.4. The van der Waals surface area contributed by atoms with Gasteiger partial charge in [-0.25, -0.2) is 13.8 Å². The number of benzene rings is 1. The maximum Gasteiger partial charge on any atom is 0.210 e. The molecule has 3 heterocycles. The largest absolute Gasteiger partial charge is 0.493 e. The van der Waals surface area contributed by atoms with E-state index in [4.69, 9.17) is 9.47 Å². The van der Waals surface area contributed by atoms with Crippen LogP contribution in [0, 0.1) is 5.82 Å². The van der Waals surface area contributed by atoms with Crippen LogP contribution in [0.3, 0.4) is 0 Å². The van der Waals surface area contributed by atoms with Crippen molar-refractivity contribution in [2.24, 2.45) is 0 Å². The van der Waals surface area contributed by atoms with Crippen molar-refractivity contribution in [2.75, 3.05) is 19.0 Å². The molecule has 8 heteroatoms. The second-order valence-corrected chi connectivity index (χ2v) is 5.13. The summed E-state index contributed by atoms with van der Waals surface area (Å²) in [6.45, 7) is 0.882. The van der Waals surface area contributed by atoms with Gasteiger partial charge >= 0.3 is 0 Å². The summed E-state index contributed by atoms with van der Waals surface area (Å²) in [6, 6.07) is 3.10. The molecular formula is C15H14FN5O2. The van der Waals surface area contributed by atoms with Crippen LogP contribution in [0.25, 0.3) is 5.65 Å². The lowest BCUT2D eigenvalue weighted by Gasteiger charge is -2.12. The summed E-state index contributed by atoms with van der Waals surface area (Å²) >= 11 is 0. The minimum atomic E-state index is -0.254. The molecule has 23 heavy (non-hydrogen) atoms. The molecule has 118 valence electrons. The maximum absolute atomic E-state index is 14.2. The predicted molar refractivity (Wildman–Crippen MR) is 80.3 cm³/mol. The van der Waals surface area contributed by atoms with Crippen LogP contribution < -0.4 is 14.8 Å². The highest BCUT2D eigenvalue weighted by atomic mass is 19.1. The van der Waals surface area contributed by atoms with Crippen molar-refractivity contribution < 1.29 is 13.9 Å². The van der Waals surface area contributed by atoms with E-state index in [1.54, 1.807) is 23.8 Å². The Hall–Kier alpha value is -2.90. The zero-order valence-corrected chi connectivity index (χ0v) is 12.4. The van der Waals surface area contributed by atoms with Gasteiger partial charge in [-0.1, -0.05) is 0 Å². The zero-order chi connectivity index (χ0) is 15.8. The highest BCUT2D eigenvalue weighted by molar-refractivity contribution is 5.55. The van der Waals surface area contributed by atoms with Crippen LogP contribution in [-0.2, 0) is 13.0 Å². The van der Waals surface area contributed by atoms with Crippen LogP contribution >= 0.6 is 0 Å². The third-order valence-electron chi connectivity index (χ3n) is 3.88. The van der Waals surface area contributed by atoms with E-state index >= 15 is 0 Å². The van der Waals surface area contributed by atoms with Gasteiger partial charge in [0.15, 0.2) is 5.75 Å². The first-order valence-electron chi connectivity index (χ1n) is 7.17. The van der Waals surface area contributed by atoms with Crippen molar-refractivity contribution in [3.8, 4) is 11.5 Å². The molecule has 3 aromatic rings. The lowest BCUT2D eigenvalue weighted by molar-refractivity contribution is 0.356. The molecule has 0 radical (unpaired) electrons. The van der Waals surface area contributed by atoms with Gasteiger partial charge in [-0.05, 0) is 12.1 Å². The molecule has 0 saturated heterocycles. The van der Waals surface area contributed by atoms with E-state index in [9.17, 15) is 4.39 Å². The third-order valence-corrected chi connectivity index (χ3v) is 3.88. The molecule has 0 fully saturated rings. The van der Waals surface area contributed by atoms with Gasteiger partial charge in [0.25, 0.3) is 0 Å². The second-order valence-electron chi connectivity index (χ2n) is 5.13. The average Bonchev–Trinajstić information content (AvgIpc) is 3.22. The Morgan fingerprint density at radius 1 is 1.43 bits per heavy atom. The van der Waals surface area contributed by atoms with Crippen LogP contribution in [0.2, 0.25) is 0 Å². The molecule has 1 aromatic carbocycles. The number of nitrogens with one attached hydrogen (secondary N) is 1. The Balaban J connectivity index is 1.66. The number of aromatic nitrogens is 4. The van der Waals surface area contributed by atoms with E-state index in [2.05, 4.69) is 20.5 Å². The summed E-state index contributed by atoms with van der Waals surface area (Å²) in [5, 5.41) is 11.0.